The van der Waals surface area contributed by atoms with Gasteiger partial charge in [0.1, 0.15) is 0 Å². The molecule has 20 heavy (non-hydrogen) atoms. The fourth-order valence-electron chi connectivity index (χ4n) is 3.96. The smallest absolute Gasteiger partial charge is 0.0631 e. The molecule has 112 valence electrons. The van der Waals surface area contributed by atoms with Gasteiger partial charge in [-0.3, -0.25) is 4.68 Å². The van der Waals surface area contributed by atoms with Crippen LogP contribution in [0.4, 0.5) is 0 Å². The summed E-state index contributed by atoms with van der Waals surface area (Å²) >= 11 is 0. The van der Waals surface area contributed by atoms with Crippen LogP contribution in [0.25, 0.3) is 0 Å². The van der Waals surface area contributed by atoms with Crippen LogP contribution in [0.5, 0.6) is 0 Å². The fourth-order valence-corrected chi connectivity index (χ4v) is 3.96. The van der Waals surface area contributed by atoms with Gasteiger partial charge >= 0.3 is 0 Å². The molecule has 3 heterocycles. The molecule has 4 heteroatoms. The molecule has 1 N–H and O–H groups in total. The third-order valence-electron chi connectivity index (χ3n) is 5.12. The molecule has 0 saturated carbocycles. The number of hydrogen-bond acceptors (Lipinski definition) is 3. The molecule has 0 amide bonds. The van der Waals surface area contributed by atoms with Crippen molar-refractivity contribution in [3.63, 3.8) is 0 Å². The summed E-state index contributed by atoms with van der Waals surface area (Å²) in [7, 11) is 2.22. The van der Waals surface area contributed by atoms with Crippen LogP contribution in [-0.2, 0) is 0 Å². The molecule has 0 aromatic carbocycles. The van der Waals surface area contributed by atoms with Crippen molar-refractivity contribution in [2.75, 3.05) is 33.2 Å². The van der Waals surface area contributed by atoms with Crippen LogP contribution < -0.4 is 5.32 Å². The summed E-state index contributed by atoms with van der Waals surface area (Å²) in [5.74, 6) is 0.670. The highest BCUT2D eigenvalue weighted by Gasteiger charge is 2.26. The molecule has 2 fully saturated rings. The lowest BCUT2D eigenvalue weighted by atomic mass is 9.90. The van der Waals surface area contributed by atoms with E-state index >= 15 is 0 Å². The van der Waals surface area contributed by atoms with Crippen molar-refractivity contribution in [2.45, 2.75) is 51.5 Å². The highest BCUT2D eigenvalue weighted by atomic mass is 15.3. The van der Waals surface area contributed by atoms with Gasteiger partial charge in [0, 0.05) is 23.7 Å². The van der Waals surface area contributed by atoms with E-state index in [1.54, 1.807) is 0 Å². The van der Waals surface area contributed by atoms with E-state index in [1.807, 2.05) is 0 Å². The molecule has 0 radical (unpaired) electrons. The van der Waals surface area contributed by atoms with E-state index in [-0.39, 0.29) is 0 Å². The molecule has 1 unspecified atom stereocenters. The Kier molecular flexibility index (Phi) is 4.13. The number of likely N-dealkylation sites (tertiary alicyclic amines) is 1. The molecular formula is C16H28N4. The summed E-state index contributed by atoms with van der Waals surface area (Å²) in [4.78, 5) is 2.42. The largest absolute Gasteiger partial charge is 0.316 e. The number of aryl methyl sites for hydroxylation is 1. The van der Waals surface area contributed by atoms with Crippen molar-refractivity contribution >= 4 is 0 Å². The minimum absolute atomic E-state index is 0.607. The maximum absolute atomic E-state index is 4.90. The predicted molar refractivity (Wildman–Crippen MR) is 82.3 cm³/mol. The number of aromatic nitrogens is 2. The Hall–Kier alpha value is -0.870. The molecule has 0 spiro atoms. The first kappa shape index (κ1) is 14.1. The maximum atomic E-state index is 4.90. The van der Waals surface area contributed by atoms with Gasteiger partial charge in [-0.05, 0) is 66.2 Å². The van der Waals surface area contributed by atoms with Crippen LogP contribution in [0.2, 0.25) is 0 Å². The Morgan fingerprint density at radius 1 is 1.15 bits per heavy atom. The van der Waals surface area contributed by atoms with Gasteiger partial charge in [0.25, 0.3) is 0 Å². The van der Waals surface area contributed by atoms with Crippen molar-refractivity contribution in [3.05, 3.63) is 17.0 Å². The Labute approximate surface area is 122 Å². The zero-order valence-corrected chi connectivity index (χ0v) is 13.2. The first-order valence-electron chi connectivity index (χ1n) is 8.11. The number of rotatable bonds is 2. The standard InChI is InChI=1S/C16H28N4/c1-12-16(14-5-4-8-17-11-14)13(2)20(18-12)15-6-9-19(3)10-7-15/h14-15,17H,4-11H2,1-3H3. The summed E-state index contributed by atoms with van der Waals surface area (Å²) < 4.78 is 2.34. The van der Waals surface area contributed by atoms with E-state index in [2.05, 4.69) is 35.8 Å². The second kappa shape index (κ2) is 5.86. The van der Waals surface area contributed by atoms with Gasteiger partial charge in [-0.25, -0.2) is 0 Å². The number of nitrogens with zero attached hydrogens (tertiary/aromatic N) is 3. The van der Waals surface area contributed by atoms with Gasteiger partial charge in [0.15, 0.2) is 0 Å². The van der Waals surface area contributed by atoms with Crippen molar-refractivity contribution in [2.24, 2.45) is 0 Å². The molecular weight excluding hydrogens is 248 g/mol. The molecule has 4 nitrogen and oxygen atoms in total. The minimum atomic E-state index is 0.607. The summed E-state index contributed by atoms with van der Waals surface area (Å²) in [6, 6.07) is 0.607. The van der Waals surface area contributed by atoms with Crippen LogP contribution >= 0.6 is 0 Å². The summed E-state index contributed by atoms with van der Waals surface area (Å²) in [6.45, 7) is 9.18. The number of hydrogen-bond donors (Lipinski definition) is 1. The SMILES string of the molecule is Cc1nn(C2CCN(C)CC2)c(C)c1C1CCCNC1. The molecule has 2 saturated heterocycles. The third kappa shape index (κ3) is 2.63. The molecule has 1 atom stereocenters. The lowest BCUT2D eigenvalue weighted by Gasteiger charge is -2.30. The molecule has 2 aliphatic heterocycles. The zero-order chi connectivity index (χ0) is 14.1. The normalized spacial score (nSPS) is 26.1. The van der Waals surface area contributed by atoms with Gasteiger partial charge in [0.2, 0.25) is 0 Å². The second-order valence-electron chi connectivity index (χ2n) is 6.61. The van der Waals surface area contributed by atoms with E-state index in [0.29, 0.717) is 12.0 Å². The predicted octanol–water partition coefficient (Wildman–Crippen LogP) is 2.23. The Balaban J connectivity index is 1.82. The summed E-state index contributed by atoms with van der Waals surface area (Å²) in [6.07, 6.45) is 5.08. The van der Waals surface area contributed by atoms with Crippen LogP contribution in [0.3, 0.4) is 0 Å². The van der Waals surface area contributed by atoms with E-state index < -0.39 is 0 Å². The lowest BCUT2D eigenvalue weighted by Crippen LogP contribution is -2.32. The van der Waals surface area contributed by atoms with Crippen molar-refractivity contribution < 1.29 is 0 Å². The highest BCUT2D eigenvalue weighted by Crippen LogP contribution is 2.32. The van der Waals surface area contributed by atoms with E-state index in [4.69, 9.17) is 5.10 Å². The monoisotopic (exact) mass is 276 g/mol. The van der Waals surface area contributed by atoms with Crippen LogP contribution in [0.1, 0.15) is 54.6 Å². The first-order valence-corrected chi connectivity index (χ1v) is 8.11. The average molecular weight is 276 g/mol. The quantitative estimate of drug-likeness (QED) is 0.899. The van der Waals surface area contributed by atoms with Crippen molar-refractivity contribution in [1.82, 2.24) is 20.0 Å². The zero-order valence-electron chi connectivity index (χ0n) is 13.2. The maximum Gasteiger partial charge on any atom is 0.0631 e. The van der Waals surface area contributed by atoms with Crippen LogP contribution in [0, 0.1) is 13.8 Å². The third-order valence-corrected chi connectivity index (χ3v) is 5.12. The topological polar surface area (TPSA) is 33.1 Å². The number of piperidine rings is 2. The van der Waals surface area contributed by atoms with Gasteiger partial charge in [-0.15, -0.1) is 0 Å². The van der Waals surface area contributed by atoms with Crippen LogP contribution in [0.15, 0.2) is 0 Å². The first-order chi connectivity index (χ1) is 9.66. The van der Waals surface area contributed by atoms with Gasteiger partial charge in [-0.2, -0.15) is 5.10 Å². The lowest BCUT2D eigenvalue weighted by molar-refractivity contribution is 0.210. The average Bonchev–Trinajstić information content (AvgIpc) is 2.76. The fraction of sp³-hybridized carbons (Fsp3) is 0.812. The summed E-state index contributed by atoms with van der Waals surface area (Å²) in [5.41, 5.74) is 4.21. The minimum Gasteiger partial charge on any atom is -0.316 e. The van der Waals surface area contributed by atoms with E-state index in [9.17, 15) is 0 Å². The van der Waals surface area contributed by atoms with E-state index in [1.165, 1.54) is 62.3 Å². The molecule has 2 aliphatic rings. The highest BCUT2D eigenvalue weighted by molar-refractivity contribution is 5.30. The Morgan fingerprint density at radius 3 is 2.55 bits per heavy atom. The van der Waals surface area contributed by atoms with E-state index in [0.717, 1.165) is 6.54 Å². The molecule has 1 aromatic heterocycles. The Bertz CT molecular complexity index is 451. The number of nitrogens with one attached hydrogen (secondary N) is 1. The Morgan fingerprint density at radius 2 is 1.90 bits per heavy atom. The van der Waals surface area contributed by atoms with Crippen molar-refractivity contribution in [3.8, 4) is 0 Å². The van der Waals surface area contributed by atoms with Gasteiger partial charge in [0.05, 0.1) is 11.7 Å². The molecule has 0 aliphatic carbocycles. The summed E-state index contributed by atoms with van der Waals surface area (Å²) in [5, 5.41) is 8.44. The second-order valence-corrected chi connectivity index (χ2v) is 6.61. The molecule has 1 aromatic rings. The molecule has 0 bridgehead atoms. The van der Waals surface area contributed by atoms with Crippen molar-refractivity contribution in [1.29, 1.82) is 0 Å². The van der Waals surface area contributed by atoms with Gasteiger partial charge < -0.3 is 10.2 Å². The van der Waals surface area contributed by atoms with Crippen LogP contribution in [-0.4, -0.2) is 47.9 Å². The molecule has 3 rings (SSSR count). The van der Waals surface area contributed by atoms with Gasteiger partial charge in [-0.1, -0.05) is 0 Å².